The van der Waals surface area contributed by atoms with Crippen molar-refractivity contribution in [3.8, 4) is 28.9 Å². The lowest BCUT2D eigenvalue weighted by atomic mass is 9.99. The first-order valence-electron chi connectivity index (χ1n) is 6.09. The number of ether oxygens (including phenoxy) is 1. The van der Waals surface area contributed by atoms with Crippen molar-refractivity contribution in [2.45, 2.75) is 6.92 Å². The minimum absolute atomic E-state index is 0.0970. The molecule has 0 aliphatic rings. The summed E-state index contributed by atoms with van der Waals surface area (Å²) >= 11 is 0. The Morgan fingerprint density at radius 3 is 2.48 bits per heavy atom. The number of hydrogen-bond donors (Lipinski definition) is 0. The third-order valence-electron chi connectivity index (χ3n) is 2.81. The molecule has 2 aromatic carbocycles. The molecular formula is C16H11NO4. The molecule has 0 unspecified atom stereocenters. The number of benzene rings is 2. The average Bonchev–Trinajstić information content (AvgIpc) is 2.52. The fourth-order valence-electron chi connectivity index (χ4n) is 1.93. The normalized spacial score (nSPS) is 9.38. The predicted molar refractivity (Wildman–Crippen MR) is 78.0 cm³/mol. The van der Waals surface area contributed by atoms with Crippen LogP contribution >= 0.6 is 0 Å². The molecule has 0 N–H and O–H groups in total. The number of carbonyl (C=O) groups excluding carboxylic acids is 1. The first-order chi connectivity index (χ1) is 10.2. The highest BCUT2D eigenvalue weighted by molar-refractivity contribution is 5.90. The lowest BCUT2D eigenvalue weighted by molar-refractivity contribution is -0.384. The third-order valence-corrected chi connectivity index (χ3v) is 2.81. The van der Waals surface area contributed by atoms with E-state index in [-0.39, 0.29) is 22.6 Å². The van der Waals surface area contributed by atoms with Crippen molar-refractivity contribution < 1.29 is 14.5 Å². The molecule has 0 saturated heterocycles. The summed E-state index contributed by atoms with van der Waals surface area (Å²) in [6.45, 7) is 1.57. The summed E-state index contributed by atoms with van der Waals surface area (Å²) < 4.78 is 5.26. The van der Waals surface area contributed by atoms with Crippen molar-refractivity contribution >= 4 is 12.0 Å². The van der Waals surface area contributed by atoms with Crippen LogP contribution < -0.4 is 4.74 Å². The highest BCUT2D eigenvalue weighted by Crippen LogP contribution is 2.40. The molecule has 5 heteroatoms. The molecule has 0 amide bonds. The van der Waals surface area contributed by atoms with Crippen molar-refractivity contribution in [3.63, 3.8) is 0 Å². The van der Waals surface area contributed by atoms with E-state index < -0.39 is 4.92 Å². The molecule has 0 aliphatic carbocycles. The third kappa shape index (κ3) is 2.90. The molecule has 5 nitrogen and oxygen atoms in total. The van der Waals surface area contributed by atoms with E-state index >= 15 is 0 Å². The van der Waals surface area contributed by atoms with Gasteiger partial charge in [-0.15, -0.1) is 0 Å². The van der Waals surface area contributed by atoms with E-state index in [4.69, 9.17) is 4.74 Å². The fraction of sp³-hybridized carbons (Fsp3) is 0.0625. The maximum absolute atomic E-state index is 11.2. The lowest BCUT2D eigenvalue weighted by Crippen LogP contribution is -1.99. The Hall–Kier alpha value is -3.13. The molecule has 0 spiro atoms. The zero-order valence-electron chi connectivity index (χ0n) is 11.2. The first kappa shape index (κ1) is 14.3. The molecule has 21 heavy (non-hydrogen) atoms. The number of carbonyl (C=O) groups is 1. The standard InChI is InChI=1S/C16H11NO4/c1-2-10-21-16-13(11-18)8-9-14(17(19)20)15(16)12-6-4-3-5-7-12/h3-9,11H,1H3. The van der Waals surface area contributed by atoms with Gasteiger partial charge in [0, 0.05) is 13.0 Å². The van der Waals surface area contributed by atoms with E-state index in [2.05, 4.69) is 12.0 Å². The van der Waals surface area contributed by atoms with Gasteiger partial charge in [-0.25, -0.2) is 0 Å². The zero-order chi connectivity index (χ0) is 15.2. The fourth-order valence-corrected chi connectivity index (χ4v) is 1.93. The molecule has 104 valence electrons. The van der Waals surface area contributed by atoms with Crippen molar-refractivity contribution in [2.24, 2.45) is 0 Å². The second kappa shape index (κ2) is 6.35. The van der Waals surface area contributed by atoms with Crippen molar-refractivity contribution in [1.82, 2.24) is 0 Å². The largest absolute Gasteiger partial charge is 0.406 e. The maximum Gasteiger partial charge on any atom is 0.281 e. The van der Waals surface area contributed by atoms with Gasteiger partial charge in [0.25, 0.3) is 5.69 Å². The summed E-state index contributed by atoms with van der Waals surface area (Å²) in [7, 11) is 0. The van der Waals surface area contributed by atoms with Gasteiger partial charge in [0.1, 0.15) is 11.7 Å². The van der Waals surface area contributed by atoms with Crippen LogP contribution in [0.5, 0.6) is 5.75 Å². The number of hydrogen-bond acceptors (Lipinski definition) is 4. The quantitative estimate of drug-likeness (QED) is 0.372. The van der Waals surface area contributed by atoms with Crippen LogP contribution in [0.3, 0.4) is 0 Å². The van der Waals surface area contributed by atoms with Gasteiger partial charge in [-0.3, -0.25) is 14.9 Å². The molecule has 0 fully saturated rings. The summed E-state index contributed by atoms with van der Waals surface area (Å²) in [4.78, 5) is 21.9. The van der Waals surface area contributed by atoms with Crippen molar-refractivity contribution in [2.75, 3.05) is 0 Å². The molecule has 0 bridgehead atoms. The highest BCUT2D eigenvalue weighted by Gasteiger charge is 2.23. The van der Waals surface area contributed by atoms with Crippen molar-refractivity contribution in [1.29, 1.82) is 0 Å². The van der Waals surface area contributed by atoms with Crippen LogP contribution in [-0.2, 0) is 0 Å². The first-order valence-corrected chi connectivity index (χ1v) is 6.09. The summed E-state index contributed by atoms with van der Waals surface area (Å²) in [5, 5.41) is 11.2. The van der Waals surface area contributed by atoms with Gasteiger partial charge in [0.15, 0.2) is 12.0 Å². The van der Waals surface area contributed by atoms with E-state index in [1.807, 2.05) is 0 Å². The Morgan fingerprint density at radius 2 is 1.90 bits per heavy atom. The number of rotatable bonds is 4. The number of aldehydes is 1. The van der Waals surface area contributed by atoms with Crippen LogP contribution in [0.25, 0.3) is 11.1 Å². The second-order valence-electron chi connectivity index (χ2n) is 4.07. The average molecular weight is 281 g/mol. The summed E-state index contributed by atoms with van der Waals surface area (Å²) in [5.74, 6) is 2.63. The Morgan fingerprint density at radius 1 is 1.19 bits per heavy atom. The Kier molecular flexibility index (Phi) is 4.32. The van der Waals surface area contributed by atoms with E-state index in [1.54, 1.807) is 37.3 Å². The van der Waals surface area contributed by atoms with Crippen LogP contribution in [0.1, 0.15) is 17.3 Å². The van der Waals surface area contributed by atoms with Crippen LogP contribution in [0.4, 0.5) is 5.69 Å². The van der Waals surface area contributed by atoms with Gasteiger partial charge in [0.2, 0.25) is 0 Å². The second-order valence-corrected chi connectivity index (χ2v) is 4.07. The van der Waals surface area contributed by atoms with Gasteiger partial charge >= 0.3 is 0 Å². The zero-order valence-corrected chi connectivity index (χ0v) is 11.2. The lowest BCUT2D eigenvalue weighted by Gasteiger charge is -2.10. The molecule has 2 rings (SSSR count). The summed E-state index contributed by atoms with van der Waals surface area (Å²) in [5.41, 5.74) is 0.899. The van der Waals surface area contributed by atoms with E-state index in [1.165, 1.54) is 12.1 Å². The minimum atomic E-state index is -0.511. The SMILES string of the molecule is CC#COc1c(C=O)ccc([N+](=O)[O-])c1-c1ccccc1. The molecule has 0 aliphatic heterocycles. The molecule has 0 aromatic heterocycles. The molecule has 2 aromatic rings. The molecule has 0 radical (unpaired) electrons. The van der Waals surface area contributed by atoms with Crippen LogP contribution in [0, 0.1) is 22.1 Å². The Labute approximate surface area is 121 Å². The van der Waals surface area contributed by atoms with Crippen LogP contribution in [0.2, 0.25) is 0 Å². The van der Waals surface area contributed by atoms with E-state index in [0.717, 1.165) is 0 Å². The monoisotopic (exact) mass is 281 g/mol. The summed E-state index contributed by atoms with van der Waals surface area (Å²) in [6.07, 6.45) is 2.97. The van der Waals surface area contributed by atoms with Gasteiger partial charge < -0.3 is 4.74 Å². The predicted octanol–water partition coefficient (Wildman–Crippen LogP) is 3.43. The Balaban J connectivity index is 2.79. The number of nitrogens with zero attached hydrogens (tertiary/aromatic N) is 1. The molecule has 0 atom stereocenters. The van der Waals surface area contributed by atoms with E-state index in [9.17, 15) is 14.9 Å². The maximum atomic E-state index is 11.2. The van der Waals surface area contributed by atoms with Gasteiger partial charge in [-0.2, -0.15) is 0 Å². The summed E-state index contributed by atoms with van der Waals surface area (Å²) in [6, 6.07) is 11.4. The molecule has 0 heterocycles. The number of nitro groups is 1. The number of nitro benzene ring substituents is 1. The van der Waals surface area contributed by atoms with Gasteiger partial charge in [-0.05, 0) is 11.6 Å². The molecular weight excluding hydrogens is 270 g/mol. The van der Waals surface area contributed by atoms with Crippen molar-refractivity contribution in [3.05, 3.63) is 58.1 Å². The smallest absolute Gasteiger partial charge is 0.281 e. The van der Waals surface area contributed by atoms with Crippen LogP contribution in [-0.4, -0.2) is 11.2 Å². The topological polar surface area (TPSA) is 69.4 Å². The minimum Gasteiger partial charge on any atom is -0.406 e. The molecule has 0 saturated carbocycles. The highest BCUT2D eigenvalue weighted by atomic mass is 16.6. The Bertz CT molecular complexity index is 742. The van der Waals surface area contributed by atoms with Crippen LogP contribution in [0.15, 0.2) is 42.5 Å². The van der Waals surface area contributed by atoms with E-state index in [0.29, 0.717) is 11.8 Å². The van der Waals surface area contributed by atoms with Gasteiger partial charge in [-0.1, -0.05) is 36.3 Å². The van der Waals surface area contributed by atoms with Gasteiger partial charge in [0.05, 0.1) is 10.5 Å².